The van der Waals surface area contributed by atoms with E-state index in [1.54, 1.807) is 0 Å². The van der Waals surface area contributed by atoms with Gasteiger partial charge in [-0.25, -0.2) is 0 Å². The Labute approximate surface area is 212 Å². The first-order valence-electron chi connectivity index (χ1n) is 14.9. The summed E-state index contributed by atoms with van der Waals surface area (Å²) in [5, 5.41) is 0.874. The average molecular weight is 475 g/mol. The van der Waals surface area contributed by atoms with Crippen molar-refractivity contribution in [3.63, 3.8) is 0 Å². The Morgan fingerprint density at radius 2 is 1.12 bits per heavy atom. The van der Waals surface area contributed by atoms with E-state index in [0.717, 1.165) is 10.9 Å². The molecule has 1 heteroatoms. The molecule has 0 nitrogen and oxygen atoms in total. The van der Waals surface area contributed by atoms with Crippen molar-refractivity contribution in [3.05, 3.63) is 34.9 Å². The van der Waals surface area contributed by atoms with E-state index in [0.29, 0.717) is 5.41 Å². The van der Waals surface area contributed by atoms with Crippen LogP contribution in [0.3, 0.4) is 0 Å². The van der Waals surface area contributed by atoms with Crippen molar-refractivity contribution in [2.24, 2.45) is 5.41 Å². The maximum atomic E-state index is 6.18. The summed E-state index contributed by atoms with van der Waals surface area (Å²) < 4.78 is 0. The molecule has 2 rings (SSSR count). The minimum atomic E-state index is 0.604. The maximum absolute atomic E-state index is 6.18. The van der Waals surface area contributed by atoms with Crippen molar-refractivity contribution in [1.29, 1.82) is 0 Å². The van der Waals surface area contributed by atoms with Gasteiger partial charge in [-0.15, -0.1) is 0 Å². The van der Waals surface area contributed by atoms with Gasteiger partial charge in [-0.05, 0) is 61.1 Å². The van der Waals surface area contributed by atoms with Gasteiger partial charge in [-0.3, -0.25) is 0 Å². The number of benzene rings is 1. The zero-order valence-electron chi connectivity index (χ0n) is 22.3. The fraction of sp³-hybridized carbons (Fsp3) is 0.812. The molecule has 1 fully saturated rings. The molecule has 0 aromatic heterocycles. The van der Waals surface area contributed by atoms with Crippen LogP contribution in [0, 0.1) is 5.41 Å². The second kappa shape index (κ2) is 17.9. The quantitative estimate of drug-likeness (QED) is 0.175. The Hall–Kier alpha value is -0.490. The Morgan fingerprint density at radius 3 is 1.61 bits per heavy atom. The highest BCUT2D eigenvalue weighted by atomic mass is 35.5. The predicted molar refractivity (Wildman–Crippen MR) is 150 cm³/mol. The van der Waals surface area contributed by atoms with Crippen LogP contribution in [0.2, 0.25) is 5.02 Å². The van der Waals surface area contributed by atoms with Gasteiger partial charge in [0, 0.05) is 5.02 Å². The molecule has 190 valence electrons. The van der Waals surface area contributed by atoms with E-state index in [1.165, 1.54) is 147 Å². The van der Waals surface area contributed by atoms with Gasteiger partial charge in [0.15, 0.2) is 0 Å². The van der Waals surface area contributed by atoms with E-state index >= 15 is 0 Å². The van der Waals surface area contributed by atoms with Crippen LogP contribution in [-0.2, 0) is 0 Å². The molecule has 0 heterocycles. The first kappa shape index (κ1) is 28.7. The second-order valence-corrected chi connectivity index (χ2v) is 11.7. The topological polar surface area (TPSA) is 0 Å². The lowest BCUT2D eigenvalue weighted by Gasteiger charge is -2.42. The highest BCUT2D eigenvalue weighted by Gasteiger charge is 2.35. The number of hydrogen-bond donors (Lipinski definition) is 0. The van der Waals surface area contributed by atoms with E-state index in [-0.39, 0.29) is 0 Å². The zero-order valence-corrected chi connectivity index (χ0v) is 23.1. The zero-order chi connectivity index (χ0) is 23.6. The number of unbranched alkanes of at least 4 members (excludes halogenated alkanes) is 14. The smallest absolute Gasteiger partial charge is 0.0406 e. The molecule has 1 aliphatic rings. The van der Waals surface area contributed by atoms with Crippen molar-refractivity contribution in [1.82, 2.24) is 0 Å². The molecular weight excluding hydrogens is 420 g/mol. The molecule has 0 aliphatic heterocycles. The number of rotatable bonds is 19. The molecule has 1 aliphatic carbocycles. The number of halogens is 1. The van der Waals surface area contributed by atoms with Gasteiger partial charge < -0.3 is 0 Å². The third-order valence-corrected chi connectivity index (χ3v) is 8.65. The highest BCUT2D eigenvalue weighted by Crippen LogP contribution is 2.50. The molecule has 0 radical (unpaired) electrons. The van der Waals surface area contributed by atoms with Gasteiger partial charge in [0.1, 0.15) is 0 Å². The van der Waals surface area contributed by atoms with E-state index in [2.05, 4.69) is 38.1 Å². The van der Waals surface area contributed by atoms with Crippen LogP contribution < -0.4 is 0 Å². The monoisotopic (exact) mass is 474 g/mol. The summed E-state index contributed by atoms with van der Waals surface area (Å²) in [4.78, 5) is 0. The van der Waals surface area contributed by atoms with Gasteiger partial charge >= 0.3 is 0 Å². The molecule has 1 atom stereocenters. The van der Waals surface area contributed by atoms with Crippen molar-refractivity contribution in [3.8, 4) is 0 Å². The van der Waals surface area contributed by atoms with Crippen molar-refractivity contribution >= 4 is 11.6 Å². The van der Waals surface area contributed by atoms with Gasteiger partial charge in [0.05, 0.1) is 0 Å². The lowest BCUT2D eigenvalue weighted by atomic mass is 9.63. The predicted octanol–water partition coefficient (Wildman–Crippen LogP) is 12.0. The van der Waals surface area contributed by atoms with Crippen LogP contribution in [-0.4, -0.2) is 0 Å². The third kappa shape index (κ3) is 12.2. The van der Waals surface area contributed by atoms with Crippen LogP contribution >= 0.6 is 11.6 Å². The van der Waals surface area contributed by atoms with Crippen LogP contribution in [0.4, 0.5) is 0 Å². The standard InChI is InChI=1S/C32H55Cl/c1-3-5-7-9-11-13-15-17-25-32(26-18-16-14-12-10-8-6-4-2)27-19-20-30(28-32)29-21-23-31(33)24-22-29/h21-24,30H,3-20,25-28H2,1-2H3. The van der Waals surface area contributed by atoms with Crippen molar-refractivity contribution < 1.29 is 0 Å². The fourth-order valence-electron chi connectivity index (χ4n) is 6.32. The summed E-state index contributed by atoms with van der Waals surface area (Å²) >= 11 is 6.18. The Morgan fingerprint density at radius 1 is 0.667 bits per heavy atom. The van der Waals surface area contributed by atoms with Gasteiger partial charge in [0.2, 0.25) is 0 Å². The minimum Gasteiger partial charge on any atom is -0.0843 e. The highest BCUT2D eigenvalue weighted by molar-refractivity contribution is 6.30. The van der Waals surface area contributed by atoms with E-state index in [4.69, 9.17) is 11.6 Å². The van der Waals surface area contributed by atoms with Crippen LogP contribution in [0.25, 0.3) is 0 Å². The molecule has 1 aromatic rings. The molecule has 0 N–H and O–H groups in total. The Balaban J connectivity index is 1.81. The molecule has 0 amide bonds. The number of hydrogen-bond acceptors (Lipinski definition) is 0. The van der Waals surface area contributed by atoms with Gasteiger partial charge in [-0.1, -0.05) is 147 Å². The lowest BCUT2D eigenvalue weighted by molar-refractivity contribution is 0.131. The SMILES string of the molecule is CCCCCCCCCCC1(CCCCCCCCCC)CCCC(c2ccc(Cl)cc2)C1. The molecular formula is C32H55Cl. The summed E-state index contributed by atoms with van der Waals surface area (Å²) in [7, 11) is 0. The summed E-state index contributed by atoms with van der Waals surface area (Å²) in [5.41, 5.74) is 2.14. The normalized spacial score (nSPS) is 18.0. The molecule has 0 spiro atoms. The van der Waals surface area contributed by atoms with Crippen LogP contribution in [0.5, 0.6) is 0 Å². The lowest BCUT2D eigenvalue weighted by Crippen LogP contribution is -2.28. The summed E-state index contributed by atoms with van der Waals surface area (Å²) in [6.07, 6.45) is 31.6. The third-order valence-electron chi connectivity index (χ3n) is 8.40. The molecule has 0 saturated heterocycles. The Kier molecular flexibility index (Phi) is 15.6. The minimum absolute atomic E-state index is 0.604. The second-order valence-electron chi connectivity index (χ2n) is 11.3. The molecule has 0 bridgehead atoms. The van der Waals surface area contributed by atoms with E-state index in [1.807, 2.05) is 0 Å². The molecule has 1 unspecified atom stereocenters. The summed E-state index contributed by atoms with van der Waals surface area (Å²) in [6.45, 7) is 4.63. The van der Waals surface area contributed by atoms with Crippen molar-refractivity contribution in [2.75, 3.05) is 0 Å². The largest absolute Gasteiger partial charge is 0.0843 e. The first-order chi connectivity index (χ1) is 16.2. The van der Waals surface area contributed by atoms with Crippen molar-refractivity contribution in [2.45, 2.75) is 161 Å². The van der Waals surface area contributed by atoms with E-state index in [9.17, 15) is 0 Å². The summed E-state index contributed by atoms with van der Waals surface area (Å²) in [6, 6.07) is 8.81. The van der Waals surface area contributed by atoms with E-state index < -0.39 is 0 Å². The fourth-order valence-corrected chi connectivity index (χ4v) is 6.44. The van der Waals surface area contributed by atoms with Gasteiger partial charge in [0.25, 0.3) is 0 Å². The molecule has 1 saturated carbocycles. The van der Waals surface area contributed by atoms with Gasteiger partial charge in [-0.2, -0.15) is 0 Å². The average Bonchev–Trinajstić information content (AvgIpc) is 2.83. The van der Waals surface area contributed by atoms with Crippen LogP contribution in [0.15, 0.2) is 24.3 Å². The summed E-state index contributed by atoms with van der Waals surface area (Å²) in [5.74, 6) is 0.749. The Bertz CT molecular complexity index is 555. The molecule has 33 heavy (non-hydrogen) atoms. The van der Waals surface area contributed by atoms with Crippen LogP contribution in [0.1, 0.15) is 167 Å². The maximum Gasteiger partial charge on any atom is 0.0406 e. The first-order valence-corrected chi connectivity index (χ1v) is 15.3. The molecule has 1 aromatic carbocycles.